The second kappa shape index (κ2) is 9.76. The molecule has 2 aliphatic heterocycles. The molecule has 2 fully saturated rings. The van der Waals surface area contributed by atoms with Crippen LogP contribution in [0.25, 0.3) is 5.69 Å². The van der Waals surface area contributed by atoms with Crippen LogP contribution in [0.15, 0.2) is 67.1 Å². The zero-order valence-corrected chi connectivity index (χ0v) is 18.9. The van der Waals surface area contributed by atoms with Crippen molar-refractivity contribution < 1.29 is 4.74 Å². The average Bonchev–Trinajstić information content (AvgIpc) is 3.33. The number of rotatable bonds is 6. The fourth-order valence-electron chi connectivity index (χ4n) is 5.13. The molecule has 0 radical (unpaired) electrons. The highest BCUT2D eigenvalue weighted by molar-refractivity contribution is 5.49. The molecular weight excluding hydrogens is 398 g/mol. The van der Waals surface area contributed by atoms with E-state index < -0.39 is 0 Å². The van der Waals surface area contributed by atoms with Crippen LogP contribution in [0.3, 0.4) is 0 Å². The Bertz CT molecular complexity index is 979. The Kier molecular flexibility index (Phi) is 6.41. The number of piperazine rings is 1. The summed E-state index contributed by atoms with van der Waals surface area (Å²) in [5.41, 5.74) is 3.77. The molecule has 6 heteroatoms. The fourth-order valence-corrected chi connectivity index (χ4v) is 5.13. The Balaban J connectivity index is 1.17. The third kappa shape index (κ3) is 4.66. The van der Waals surface area contributed by atoms with Gasteiger partial charge in [-0.05, 0) is 67.9 Å². The second-order valence-electron chi connectivity index (χ2n) is 8.83. The van der Waals surface area contributed by atoms with Gasteiger partial charge in [-0.1, -0.05) is 0 Å². The van der Waals surface area contributed by atoms with E-state index in [1.165, 1.54) is 30.8 Å². The van der Waals surface area contributed by atoms with Crippen LogP contribution < -0.4 is 9.64 Å². The van der Waals surface area contributed by atoms with Gasteiger partial charge >= 0.3 is 0 Å². The van der Waals surface area contributed by atoms with E-state index in [1.54, 1.807) is 7.11 Å². The van der Waals surface area contributed by atoms with Gasteiger partial charge in [-0.25, -0.2) is 0 Å². The summed E-state index contributed by atoms with van der Waals surface area (Å²) in [5.74, 6) is 0.921. The molecule has 1 atom stereocenters. The molecule has 0 spiro atoms. The first-order valence-corrected chi connectivity index (χ1v) is 11.7. The number of hydrogen-bond donors (Lipinski definition) is 0. The maximum atomic E-state index is 5.30. The molecule has 0 saturated carbocycles. The largest absolute Gasteiger partial charge is 0.497 e. The minimum absolute atomic E-state index is 0.656. The van der Waals surface area contributed by atoms with Gasteiger partial charge in [0.2, 0.25) is 0 Å². The van der Waals surface area contributed by atoms with Crippen LogP contribution in [0.5, 0.6) is 5.75 Å². The summed E-state index contributed by atoms with van der Waals surface area (Å²) in [5, 5.41) is 0. The third-order valence-corrected chi connectivity index (χ3v) is 6.89. The molecule has 2 aromatic heterocycles. The van der Waals surface area contributed by atoms with Crippen molar-refractivity contribution in [1.29, 1.82) is 0 Å². The van der Waals surface area contributed by atoms with Crippen LogP contribution in [-0.2, 0) is 6.54 Å². The van der Waals surface area contributed by atoms with Crippen molar-refractivity contribution in [3.05, 3.63) is 72.8 Å². The van der Waals surface area contributed by atoms with Gasteiger partial charge in [-0.15, -0.1) is 0 Å². The Morgan fingerprint density at radius 1 is 0.938 bits per heavy atom. The number of pyridine rings is 1. The number of piperidine rings is 1. The van der Waals surface area contributed by atoms with Gasteiger partial charge in [0.25, 0.3) is 0 Å². The van der Waals surface area contributed by atoms with E-state index in [4.69, 9.17) is 4.74 Å². The standard InChI is InChI=1S/C26H33N5O/c1-32-26-10-8-22(9-11-26)29-15-17-30(18-16-29)24-6-3-13-28(20-24)21-25-7-4-14-31(25)23-5-2-12-27-19-23/h2,4-5,7-12,14,19,24H,3,6,13,15-18,20-21H2,1H3/t24-/m0/s1. The molecule has 5 rings (SSSR count). The van der Waals surface area contributed by atoms with Gasteiger partial charge in [0.15, 0.2) is 0 Å². The van der Waals surface area contributed by atoms with Crippen LogP contribution in [0.1, 0.15) is 18.5 Å². The summed E-state index contributed by atoms with van der Waals surface area (Å²) in [6, 6.07) is 17.6. The van der Waals surface area contributed by atoms with Crippen molar-refractivity contribution in [3.63, 3.8) is 0 Å². The van der Waals surface area contributed by atoms with E-state index in [-0.39, 0.29) is 0 Å². The Morgan fingerprint density at radius 2 is 1.78 bits per heavy atom. The van der Waals surface area contributed by atoms with Crippen molar-refractivity contribution in [2.24, 2.45) is 0 Å². The van der Waals surface area contributed by atoms with Crippen molar-refractivity contribution in [1.82, 2.24) is 19.4 Å². The zero-order chi connectivity index (χ0) is 21.8. The Morgan fingerprint density at radius 3 is 2.53 bits per heavy atom. The monoisotopic (exact) mass is 431 g/mol. The molecule has 0 amide bonds. The molecule has 4 heterocycles. The lowest BCUT2D eigenvalue weighted by molar-refractivity contribution is 0.0878. The number of benzene rings is 1. The van der Waals surface area contributed by atoms with Gasteiger partial charge in [-0.3, -0.25) is 14.8 Å². The predicted molar refractivity (Wildman–Crippen MR) is 129 cm³/mol. The van der Waals surface area contributed by atoms with Crippen LogP contribution >= 0.6 is 0 Å². The molecule has 3 aromatic rings. The molecule has 2 saturated heterocycles. The van der Waals surface area contributed by atoms with Gasteiger partial charge < -0.3 is 14.2 Å². The lowest BCUT2D eigenvalue weighted by Gasteiger charge is -2.44. The average molecular weight is 432 g/mol. The molecule has 0 N–H and O–H groups in total. The summed E-state index contributed by atoms with van der Waals surface area (Å²) >= 11 is 0. The van der Waals surface area contributed by atoms with E-state index in [0.29, 0.717) is 6.04 Å². The SMILES string of the molecule is COc1ccc(N2CCN([C@H]3CCCN(Cc4cccn4-c4cccnc4)C3)CC2)cc1. The molecule has 168 valence electrons. The van der Waals surface area contributed by atoms with E-state index in [0.717, 1.165) is 50.7 Å². The number of anilines is 1. The molecule has 0 bridgehead atoms. The van der Waals surface area contributed by atoms with E-state index in [9.17, 15) is 0 Å². The normalized spacial score (nSPS) is 20.4. The van der Waals surface area contributed by atoms with Crippen LogP contribution in [-0.4, -0.2) is 71.8 Å². The first-order valence-electron chi connectivity index (χ1n) is 11.7. The van der Waals surface area contributed by atoms with Gasteiger partial charge in [-0.2, -0.15) is 0 Å². The maximum Gasteiger partial charge on any atom is 0.119 e. The highest BCUT2D eigenvalue weighted by Gasteiger charge is 2.28. The van der Waals surface area contributed by atoms with Crippen molar-refractivity contribution in [3.8, 4) is 11.4 Å². The predicted octanol–water partition coefficient (Wildman–Crippen LogP) is 3.67. The quantitative estimate of drug-likeness (QED) is 0.595. The number of hydrogen-bond acceptors (Lipinski definition) is 5. The van der Waals surface area contributed by atoms with Crippen molar-refractivity contribution >= 4 is 5.69 Å². The molecule has 0 unspecified atom stereocenters. The van der Waals surface area contributed by atoms with E-state index >= 15 is 0 Å². The molecule has 32 heavy (non-hydrogen) atoms. The molecule has 2 aliphatic rings. The summed E-state index contributed by atoms with van der Waals surface area (Å²) < 4.78 is 7.56. The minimum Gasteiger partial charge on any atom is -0.497 e. The lowest BCUT2D eigenvalue weighted by Crippen LogP contribution is -2.55. The highest BCUT2D eigenvalue weighted by atomic mass is 16.5. The van der Waals surface area contributed by atoms with Gasteiger partial charge in [0.1, 0.15) is 5.75 Å². The summed E-state index contributed by atoms with van der Waals surface area (Å²) in [6.45, 7) is 7.78. The summed E-state index contributed by atoms with van der Waals surface area (Å²) in [4.78, 5) is 12.1. The van der Waals surface area contributed by atoms with E-state index in [2.05, 4.69) is 72.9 Å². The number of nitrogens with zero attached hydrogens (tertiary/aromatic N) is 5. The molecule has 6 nitrogen and oxygen atoms in total. The topological polar surface area (TPSA) is 36.8 Å². The smallest absolute Gasteiger partial charge is 0.119 e. The van der Waals surface area contributed by atoms with Gasteiger partial charge in [0.05, 0.1) is 19.0 Å². The summed E-state index contributed by atoms with van der Waals surface area (Å²) in [7, 11) is 1.72. The van der Waals surface area contributed by atoms with E-state index in [1.807, 2.05) is 18.5 Å². The molecule has 0 aliphatic carbocycles. The minimum atomic E-state index is 0.656. The third-order valence-electron chi connectivity index (χ3n) is 6.89. The first kappa shape index (κ1) is 21.0. The number of likely N-dealkylation sites (tertiary alicyclic amines) is 1. The molecule has 1 aromatic carbocycles. The lowest BCUT2D eigenvalue weighted by atomic mass is 10.0. The van der Waals surface area contributed by atoms with Crippen molar-refractivity contribution in [2.45, 2.75) is 25.4 Å². The Hall–Kier alpha value is -2.83. The summed E-state index contributed by atoms with van der Waals surface area (Å²) in [6.07, 6.45) is 8.49. The number of aromatic nitrogens is 2. The van der Waals surface area contributed by atoms with Crippen LogP contribution in [0.4, 0.5) is 5.69 Å². The Labute approximate surface area is 191 Å². The van der Waals surface area contributed by atoms with Crippen LogP contribution in [0, 0.1) is 0 Å². The number of methoxy groups -OCH3 is 1. The highest BCUT2D eigenvalue weighted by Crippen LogP contribution is 2.24. The van der Waals surface area contributed by atoms with Crippen molar-refractivity contribution in [2.75, 3.05) is 51.3 Å². The van der Waals surface area contributed by atoms with Gasteiger partial charge in [0, 0.05) is 69.1 Å². The zero-order valence-electron chi connectivity index (χ0n) is 18.9. The second-order valence-corrected chi connectivity index (χ2v) is 8.83. The fraction of sp³-hybridized carbons (Fsp3) is 0.423. The number of ether oxygens (including phenoxy) is 1. The maximum absolute atomic E-state index is 5.30. The van der Waals surface area contributed by atoms with Crippen LogP contribution in [0.2, 0.25) is 0 Å². The first-order chi connectivity index (χ1) is 15.8. The molecular formula is C26H33N5O.